The molecule has 1 aliphatic heterocycles. The topological polar surface area (TPSA) is 35.6 Å². The molecule has 4 nitrogen and oxygen atoms in total. The lowest BCUT2D eigenvalue weighted by Gasteiger charge is -2.34. The minimum atomic E-state index is 0.201. The second-order valence-corrected chi connectivity index (χ2v) is 3.73. The molecule has 86 valence electrons. The molecular weight excluding hydrogens is 190 g/mol. The summed E-state index contributed by atoms with van der Waals surface area (Å²) in [6.45, 7) is 11.7. The summed E-state index contributed by atoms with van der Waals surface area (Å²) in [5, 5.41) is 3.03. The molecule has 1 heterocycles. The van der Waals surface area contributed by atoms with Crippen molar-refractivity contribution < 1.29 is 4.79 Å². The van der Waals surface area contributed by atoms with Crippen LogP contribution < -0.4 is 5.32 Å². The number of likely N-dealkylation sites (N-methyl/N-ethyl adjacent to an activating group) is 1. The Bertz CT molecular complexity index is 210. The van der Waals surface area contributed by atoms with E-state index in [1.54, 1.807) is 6.08 Å². The fourth-order valence-electron chi connectivity index (χ4n) is 1.71. The van der Waals surface area contributed by atoms with Crippen molar-refractivity contribution in [3.05, 3.63) is 12.7 Å². The average molecular weight is 211 g/mol. The van der Waals surface area contributed by atoms with Crippen molar-refractivity contribution in [1.82, 2.24) is 15.1 Å². The van der Waals surface area contributed by atoms with E-state index in [0.29, 0.717) is 13.1 Å². The molecule has 0 aliphatic carbocycles. The van der Waals surface area contributed by atoms with Crippen LogP contribution in [0.2, 0.25) is 0 Å². The monoisotopic (exact) mass is 211 g/mol. The van der Waals surface area contributed by atoms with E-state index in [1.807, 2.05) is 4.90 Å². The van der Waals surface area contributed by atoms with Crippen LogP contribution in [0.25, 0.3) is 0 Å². The Labute approximate surface area is 91.9 Å². The summed E-state index contributed by atoms with van der Waals surface area (Å²) in [7, 11) is 0. The van der Waals surface area contributed by atoms with Gasteiger partial charge in [-0.1, -0.05) is 13.0 Å². The predicted molar refractivity (Wildman–Crippen MR) is 61.8 cm³/mol. The van der Waals surface area contributed by atoms with E-state index >= 15 is 0 Å². The average Bonchev–Trinajstić information content (AvgIpc) is 2.29. The first-order chi connectivity index (χ1) is 7.27. The molecule has 0 aromatic carbocycles. The van der Waals surface area contributed by atoms with Crippen molar-refractivity contribution in [3.8, 4) is 0 Å². The normalized spacial score (nSPS) is 17.8. The van der Waals surface area contributed by atoms with Crippen LogP contribution in [0.4, 0.5) is 0 Å². The third kappa shape index (κ3) is 4.01. The van der Waals surface area contributed by atoms with E-state index in [1.165, 1.54) is 0 Å². The fraction of sp³-hybridized carbons (Fsp3) is 0.727. The quantitative estimate of drug-likeness (QED) is 0.510. The van der Waals surface area contributed by atoms with Crippen molar-refractivity contribution in [3.63, 3.8) is 0 Å². The maximum absolute atomic E-state index is 11.7. The molecule has 0 atom stereocenters. The molecule has 15 heavy (non-hydrogen) atoms. The molecule has 1 N–H and O–H groups in total. The van der Waals surface area contributed by atoms with Crippen molar-refractivity contribution >= 4 is 5.91 Å². The zero-order chi connectivity index (χ0) is 11.1. The fourth-order valence-corrected chi connectivity index (χ4v) is 1.71. The summed E-state index contributed by atoms with van der Waals surface area (Å²) in [5.41, 5.74) is 0. The number of nitrogens with one attached hydrogen (secondary N) is 1. The molecule has 0 spiro atoms. The van der Waals surface area contributed by atoms with Gasteiger partial charge in [0.25, 0.3) is 0 Å². The molecule has 1 saturated heterocycles. The summed E-state index contributed by atoms with van der Waals surface area (Å²) >= 11 is 0. The van der Waals surface area contributed by atoms with Gasteiger partial charge in [0.1, 0.15) is 0 Å². The van der Waals surface area contributed by atoms with Crippen LogP contribution in [-0.2, 0) is 4.79 Å². The number of carbonyl (C=O) groups is 1. The molecule has 0 aromatic rings. The van der Waals surface area contributed by atoms with Gasteiger partial charge in [0.15, 0.2) is 0 Å². The lowest BCUT2D eigenvalue weighted by Crippen LogP contribution is -2.50. The van der Waals surface area contributed by atoms with Crippen LogP contribution in [0, 0.1) is 0 Å². The van der Waals surface area contributed by atoms with Gasteiger partial charge in [-0.3, -0.25) is 4.79 Å². The molecule has 0 bridgehead atoms. The summed E-state index contributed by atoms with van der Waals surface area (Å²) < 4.78 is 0. The van der Waals surface area contributed by atoms with Crippen LogP contribution in [0.15, 0.2) is 12.7 Å². The van der Waals surface area contributed by atoms with Gasteiger partial charge in [-0.15, -0.1) is 6.58 Å². The first kappa shape index (κ1) is 12.2. The molecule has 1 amide bonds. The summed E-state index contributed by atoms with van der Waals surface area (Å²) in [5.74, 6) is 0.201. The minimum absolute atomic E-state index is 0.201. The minimum Gasteiger partial charge on any atom is -0.339 e. The van der Waals surface area contributed by atoms with Crippen LogP contribution >= 0.6 is 0 Å². The van der Waals surface area contributed by atoms with Crippen LogP contribution in [0.1, 0.15) is 6.92 Å². The van der Waals surface area contributed by atoms with Crippen molar-refractivity contribution in [2.45, 2.75) is 6.92 Å². The number of rotatable bonds is 5. The lowest BCUT2D eigenvalue weighted by molar-refractivity contribution is -0.131. The number of carbonyl (C=O) groups excluding carboxylic acids is 1. The van der Waals surface area contributed by atoms with Crippen molar-refractivity contribution in [1.29, 1.82) is 0 Å². The SMILES string of the molecule is C=CCNCC(=O)N1CCN(CC)CC1. The predicted octanol–water partition coefficient (Wildman–Crippen LogP) is -0.0739. The molecular formula is C11H21N3O. The maximum Gasteiger partial charge on any atom is 0.236 e. The van der Waals surface area contributed by atoms with Gasteiger partial charge in [-0.2, -0.15) is 0 Å². The highest BCUT2D eigenvalue weighted by Gasteiger charge is 2.19. The Morgan fingerprint density at radius 1 is 1.40 bits per heavy atom. The van der Waals surface area contributed by atoms with Gasteiger partial charge in [-0.05, 0) is 6.54 Å². The second-order valence-electron chi connectivity index (χ2n) is 3.73. The van der Waals surface area contributed by atoms with Crippen molar-refractivity contribution in [2.75, 3.05) is 45.8 Å². The first-order valence-electron chi connectivity index (χ1n) is 5.59. The zero-order valence-corrected chi connectivity index (χ0v) is 9.54. The number of hydrogen-bond acceptors (Lipinski definition) is 3. The van der Waals surface area contributed by atoms with E-state index in [0.717, 1.165) is 32.7 Å². The third-order valence-electron chi connectivity index (χ3n) is 2.74. The highest BCUT2D eigenvalue weighted by Crippen LogP contribution is 2.00. The largest absolute Gasteiger partial charge is 0.339 e. The molecule has 1 aliphatic rings. The Hall–Kier alpha value is -0.870. The first-order valence-corrected chi connectivity index (χ1v) is 5.59. The maximum atomic E-state index is 11.7. The van der Waals surface area contributed by atoms with Gasteiger partial charge in [-0.25, -0.2) is 0 Å². The molecule has 0 aromatic heterocycles. The summed E-state index contributed by atoms with van der Waals surface area (Å²) in [6, 6.07) is 0. The number of piperazine rings is 1. The molecule has 1 fully saturated rings. The highest BCUT2D eigenvalue weighted by atomic mass is 16.2. The molecule has 4 heteroatoms. The van der Waals surface area contributed by atoms with E-state index in [9.17, 15) is 4.79 Å². The van der Waals surface area contributed by atoms with Gasteiger partial charge >= 0.3 is 0 Å². The zero-order valence-electron chi connectivity index (χ0n) is 9.54. The lowest BCUT2D eigenvalue weighted by atomic mass is 10.3. The molecule has 0 saturated carbocycles. The third-order valence-corrected chi connectivity index (χ3v) is 2.74. The number of amides is 1. The number of hydrogen-bond donors (Lipinski definition) is 1. The van der Waals surface area contributed by atoms with E-state index in [4.69, 9.17) is 0 Å². The molecule has 1 rings (SSSR count). The standard InChI is InChI=1S/C11H21N3O/c1-3-5-12-10-11(15)14-8-6-13(4-2)7-9-14/h3,12H,1,4-10H2,2H3. The van der Waals surface area contributed by atoms with E-state index < -0.39 is 0 Å². The molecule has 0 radical (unpaired) electrons. The highest BCUT2D eigenvalue weighted by molar-refractivity contribution is 5.78. The van der Waals surface area contributed by atoms with E-state index in [2.05, 4.69) is 23.7 Å². The Morgan fingerprint density at radius 3 is 2.60 bits per heavy atom. The Kier molecular flexibility index (Phi) is 5.36. The smallest absolute Gasteiger partial charge is 0.236 e. The summed E-state index contributed by atoms with van der Waals surface area (Å²) in [6.07, 6.45) is 1.77. The van der Waals surface area contributed by atoms with Gasteiger partial charge in [0.05, 0.1) is 6.54 Å². The van der Waals surface area contributed by atoms with Crippen LogP contribution in [-0.4, -0.2) is 61.5 Å². The van der Waals surface area contributed by atoms with Crippen LogP contribution in [0.5, 0.6) is 0 Å². The van der Waals surface area contributed by atoms with E-state index in [-0.39, 0.29) is 5.91 Å². The number of nitrogens with zero attached hydrogens (tertiary/aromatic N) is 2. The Balaban J connectivity index is 2.20. The van der Waals surface area contributed by atoms with Gasteiger partial charge in [0.2, 0.25) is 5.91 Å². The van der Waals surface area contributed by atoms with Gasteiger partial charge in [0, 0.05) is 32.7 Å². The Morgan fingerprint density at radius 2 is 2.07 bits per heavy atom. The second kappa shape index (κ2) is 6.58. The van der Waals surface area contributed by atoms with Gasteiger partial charge < -0.3 is 15.1 Å². The summed E-state index contributed by atoms with van der Waals surface area (Å²) in [4.78, 5) is 16.0. The van der Waals surface area contributed by atoms with Crippen molar-refractivity contribution in [2.24, 2.45) is 0 Å². The van der Waals surface area contributed by atoms with Crippen LogP contribution in [0.3, 0.4) is 0 Å². The molecule has 0 unspecified atom stereocenters.